The lowest BCUT2D eigenvalue weighted by Gasteiger charge is -2.12. The van der Waals surface area contributed by atoms with Gasteiger partial charge in [-0.25, -0.2) is 0 Å². The molecule has 0 unspecified atom stereocenters. The van der Waals surface area contributed by atoms with Crippen LogP contribution < -0.4 is 10.6 Å². The Morgan fingerprint density at radius 1 is 1.46 bits per heavy atom. The molecular formula is C15H19ClN4O2S2. The molecule has 0 fully saturated rings. The molecule has 0 saturated carbocycles. The van der Waals surface area contributed by atoms with Crippen molar-refractivity contribution >= 4 is 51.4 Å². The van der Waals surface area contributed by atoms with Crippen molar-refractivity contribution in [1.29, 1.82) is 0 Å². The third kappa shape index (κ3) is 5.62. The summed E-state index contributed by atoms with van der Waals surface area (Å²) in [5.41, 5.74) is 1.68. The van der Waals surface area contributed by atoms with Crippen LogP contribution in [0.1, 0.15) is 12.5 Å². The molecule has 130 valence electrons. The smallest absolute Gasteiger partial charge is 0.237 e. The van der Waals surface area contributed by atoms with E-state index in [1.54, 1.807) is 19.2 Å². The first-order valence-corrected chi connectivity index (χ1v) is 9.37. The highest BCUT2D eigenvalue weighted by Crippen LogP contribution is 2.30. The van der Waals surface area contributed by atoms with Crippen molar-refractivity contribution in [3.8, 4) is 0 Å². The van der Waals surface area contributed by atoms with Gasteiger partial charge in [0.05, 0.1) is 11.9 Å². The summed E-state index contributed by atoms with van der Waals surface area (Å²) in [7, 11) is 1.64. The van der Waals surface area contributed by atoms with Gasteiger partial charge in [0.15, 0.2) is 4.34 Å². The summed E-state index contributed by atoms with van der Waals surface area (Å²) >= 11 is 8.76. The molecule has 24 heavy (non-hydrogen) atoms. The lowest BCUT2D eigenvalue weighted by atomic mass is 10.2. The van der Waals surface area contributed by atoms with Gasteiger partial charge < -0.3 is 15.4 Å². The van der Waals surface area contributed by atoms with Crippen LogP contribution in [0, 0.1) is 6.92 Å². The Kier molecular flexibility index (Phi) is 7.29. The van der Waals surface area contributed by atoms with E-state index in [2.05, 4.69) is 20.8 Å². The van der Waals surface area contributed by atoms with Gasteiger partial charge in [-0.05, 0) is 31.5 Å². The van der Waals surface area contributed by atoms with Crippen LogP contribution in [0.5, 0.6) is 0 Å². The zero-order valence-corrected chi connectivity index (χ0v) is 16.0. The Morgan fingerprint density at radius 3 is 3.00 bits per heavy atom. The molecule has 0 radical (unpaired) electrons. The predicted octanol–water partition coefficient (Wildman–Crippen LogP) is 3.68. The predicted molar refractivity (Wildman–Crippen MR) is 100 cm³/mol. The standard InChI is InChI=1S/C15H19ClN4O2S2/c1-9-4-5-11(16)8-12(9)18-13(21)10(2)23-15-20-19-14(24-15)17-6-7-22-3/h4-5,8,10H,6-7H2,1-3H3,(H,17,19)(H,18,21)/t10-/m0/s1. The number of carbonyl (C=O) groups is 1. The summed E-state index contributed by atoms with van der Waals surface area (Å²) < 4.78 is 5.70. The number of hydrogen-bond donors (Lipinski definition) is 2. The first-order valence-electron chi connectivity index (χ1n) is 7.29. The van der Waals surface area contributed by atoms with E-state index in [1.165, 1.54) is 23.1 Å². The second kappa shape index (κ2) is 9.22. The summed E-state index contributed by atoms with van der Waals surface area (Å²) in [4.78, 5) is 12.3. The zero-order chi connectivity index (χ0) is 17.5. The molecule has 2 rings (SSSR count). The SMILES string of the molecule is COCCNc1nnc(S[C@@H](C)C(=O)Nc2cc(Cl)ccc2C)s1. The molecule has 0 aliphatic heterocycles. The number of aryl methyl sites for hydroxylation is 1. The monoisotopic (exact) mass is 386 g/mol. The van der Waals surface area contributed by atoms with Crippen molar-refractivity contribution in [3.05, 3.63) is 28.8 Å². The molecular weight excluding hydrogens is 368 g/mol. The molecule has 2 aromatic rings. The van der Waals surface area contributed by atoms with E-state index in [4.69, 9.17) is 16.3 Å². The molecule has 1 aromatic carbocycles. The maximum Gasteiger partial charge on any atom is 0.237 e. The summed E-state index contributed by atoms with van der Waals surface area (Å²) in [6.07, 6.45) is 0. The van der Waals surface area contributed by atoms with Gasteiger partial charge in [0.1, 0.15) is 0 Å². The van der Waals surface area contributed by atoms with Gasteiger partial charge in [-0.15, -0.1) is 10.2 Å². The number of methoxy groups -OCH3 is 1. The molecule has 2 N–H and O–H groups in total. The zero-order valence-electron chi connectivity index (χ0n) is 13.6. The second-order valence-corrected chi connectivity index (χ2v) is 8.00. The number of anilines is 2. The molecule has 1 heterocycles. The van der Waals surface area contributed by atoms with Gasteiger partial charge in [0, 0.05) is 24.4 Å². The van der Waals surface area contributed by atoms with E-state index in [0.29, 0.717) is 23.3 Å². The topological polar surface area (TPSA) is 76.1 Å². The molecule has 9 heteroatoms. The van der Waals surface area contributed by atoms with Crippen molar-refractivity contribution < 1.29 is 9.53 Å². The number of hydrogen-bond acceptors (Lipinski definition) is 7. The fraction of sp³-hybridized carbons (Fsp3) is 0.400. The highest BCUT2D eigenvalue weighted by Gasteiger charge is 2.18. The number of nitrogens with zero attached hydrogens (tertiary/aromatic N) is 2. The minimum atomic E-state index is -0.303. The number of thioether (sulfide) groups is 1. The van der Waals surface area contributed by atoms with Crippen molar-refractivity contribution in [2.75, 3.05) is 30.9 Å². The third-order valence-corrected chi connectivity index (χ3v) is 5.39. The van der Waals surface area contributed by atoms with E-state index >= 15 is 0 Å². The number of rotatable bonds is 8. The summed E-state index contributed by atoms with van der Waals surface area (Å²) in [5, 5.41) is 15.1. The molecule has 1 amide bonds. The molecule has 1 atom stereocenters. The summed E-state index contributed by atoms with van der Waals surface area (Å²) in [6, 6.07) is 5.41. The molecule has 6 nitrogen and oxygen atoms in total. The van der Waals surface area contributed by atoms with Gasteiger partial charge in [-0.1, -0.05) is 40.8 Å². The number of halogens is 1. The number of nitrogens with one attached hydrogen (secondary N) is 2. The normalized spacial score (nSPS) is 12.0. The molecule has 0 spiro atoms. The molecule has 0 aliphatic rings. The van der Waals surface area contributed by atoms with E-state index < -0.39 is 0 Å². The van der Waals surface area contributed by atoms with Gasteiger partial charge in [-0.3, -0.25) is 4.79 Å². The molecule has 0 saturated heterocycles. The van der Waals surface area contributed by atoms with Gasteiger partial charge in [0.25, 0.3) is 0 Å². The highest BCUT2D eigenvalue weighted by molar-refractivity contribution is 8.02. The fourth-order valence-corrected chi connectivity index (χ4v) is 3.85. The number of benzene rings is 1. The minimum absolute atomic E-state index is 0.102. The van der Waals surface area contributed by atoms with E-state index in [0.717, 1.165) is 15.6 Å². The lowest BCUT2D eigenvalue weighted by Crippen LogP contribution is -2.22. The Labute approximate surface area is 154 Å². The molecule has 0 aliphatic carbocycles. The van der Waals surface area contributed by atoms with Crippen LogP contribution in [0.4, 0.5) is 10.8 Å². The Bertz CT molecular complexity index is 696. The van der Waals surface area contributed by atoms with Crippen LogP contribution in [0.2, 0.25) is 5.02 Å². The van der Waals surface area contributed by atoms with Gasteiger partial charge >= 0.3 is 0 Å². The average molecular weight is 387 g/mol. The average Bonchev–Trinajstić information content (AvgIpc) is 2.98. The Balaban J connectivity index is 1.90. The maximum atomic E-state index is 12.3. The van der Waals surface area contributed by atoms with Crippen LogP contribution in [0.3, 0.4) is 0 Å². The highest BCUT2D eigenvalue weighted by atomic mass is 35.5. The Morgan fingerprint density at radius 2 is 2.25 bits per heavy atom. The second-order valence-electron chi connectivity index (χ2n) is 5.00. The largest absolute Gasteiger partial charge is 0.383 e. The molecule has 1 aromatic heterocycles. The summed E-state index contributed by atoms with van der Waals surface area (Å²) in [5.74, 6) is -0.102. The lowest BCUT2D eigenvalue weighted by molar-refractivity contribution is -0.115. The van der Waals surface area contributed by atoms with E-state index in [1.807, 2.05) is 19.9 Å². The number of ether oxygens (including phenoxy) is 1. The van der Waals surface area contributed by atoms with Crippen LogP contribution in [0.15, 0.2) is 22.5 Å². The van der Waals surface area contributed by atoms with E-state index in [-0.39, 0.29) is 11.2 Å². The third-order valence-electron chi connectivity index (χ3n) is 3.09. The Hall–Kier alpha value is -1.35. The number of amides is 1. The van der Waals surface area contributed by atoms with Crippen molar-refractivity contribution in [2.24, 2.45) is 0 Å². The van der Waals surface area contributed by atoms with Crippen molar-refractivity contribution in [1.82, 2.24) is 10.2 Å². The van der Waals surface area contributed by atoms with Crippen LogP contribution in [0.25, 0.3) is 0 Å². The first-order chi connectivity index (χ1) is 11.5. The van der Waals surface area contributed by atoms with E-state index in [9.17, 15) is 4.79 Å². The van der Waals surface area contributed by atoms with Crippen LogP contribution in [-0.4, -0.2) is 41.6 Å². The van der Waals surface area contributed by atoms with Gasteiger partial charge in [-0.2, -0.15) is 0 Å². The van der Waals surface area contributed by atoms with Crippen molar-refractivity contribution in [2.45, 2.75) is 23.4 Å². The molecule has 0 bridgehead atoms. The minimum Gasteiger partial charge on any atom is -0.383 e. The summed E-state index contributed by atoms with van der Waals surface area (Å²) in [6.45, 7) is 5.02. The van der Waals surface area contributed by atoms with Crippen LogP contribution in [-0.2, 0) is 9.53 Å². The number of carbonyl (C=O) groups excluding carboxylic acids is 1. The number of aromatic nitrogens is 2. The quantitative estimate of drug-likeness (QED) is 0.532. The maximum absolute atomic E-state index is 12.3. The van der Waals surface area contributed by atoms with Gasteiger partial charge in [0.2, 0.25) is 11.0 Å². The van der Waals surface area contributed by atoms with Crippen LogP contribution >= 0.6 is 34.7 Å². The first kappa shape index (κ1) is 19.0. The van der Waals surface area contributed by atoms with Crippen molar-refractivity contribution in [3.63, 3.8) is 0 Å². The fourth-order valence-electron chi connectivity index (χ4n) is 1.76.